The number of nitrogens with one attached hydrogen (secondary N) is 1. The molecular formula is C19H21N5OS3. The Balaban J connectivity index is 1.88. The third-order valence-corrected chi connectivity index (χ3v) is 10.1. The second-order valence-electron chi connectivity index (χ2n) is 7.07. The van der Waals surface area contributed by atoms with Crippen LogP contribution in [0.2, 0.25) is 0 Å². The molecule has 0 aliphatic heterocycles. The van der Waals surface area contributed by atoms with E-state index in [1.807, 2.05) is 29.3 Å². The van der Waals surface area contributed by atoms with Crippen LogP contribution in [-0.4, -0.2) is 41.1 Å². The molecule has 0 radical (unpaired) electrons. The van der Waals surface area contributed by atoms with Crippen LogP contribution >= 0.6 is 33.0 Å². The summed E-state index contributed by atoms with van der Waals surface area (Å²) in [6.45, 7) is 4.14. The van der Waals surface area contributed by atoms with Crippen molar-refractivity contribution in [3.05, 3.63) is 29.7 Å². The molecule has 9 heteroatoms. The van der Waals surface area contributed by atoms with Crippen molar-refractivity contribution in [3.8, 4) is 10.7 Å². The fraction of sp³-hybridized carbons (Fsp3) is 0.316. The number of hydrogen-bond acceptors (Lipinski definition) is 6. The molecule has 5 heterocycles. The van der Waals surface area contributed by atoms with Crippen molar-refractivity contribution >= 4 is 59.6 Å². The van der Waals surface area contributed by atoms with Crippen LogP contribution in [0.5, 0.6) is 0 Å². The summed E-state index contributed by atoms with van der Waals surface area (Å²) in [4.78, 5) is 14.8. The van der Waals surface area contributed by atoms with Crippen LogP contribution in [-0.2, 0) is 0 Å². The van der Waals surface area contributed by atoms with Gasteiger partial charge in [0.25, 0.3) is 0 Å². The van der Waals surface area contributed by atoms with Gasteiger partial charge in [0.2, 0.25) is 0 Å². The highest BCUT2D eigenvalue weighted by atomic mass is 32.3. The Labute approximate surface area is 171 Å². The number of fused-ring (bicyclic) bond motifs is 2. The van der Waals surface area contributed by atoms with Crippen molar-refractivity contribution in [1.82, 2.24) is 24.6 Å². The lowest BCUT2D eigenvalue weighted by Gasteiger charge is -2.28. The van der Waals surface area contributed by atoms with E-state index >= 15 is 0 Å². The highest BCUT2D eigenvalue weighted by molar-refractivity contribution is 8.29. The summed E-state index contributed by atoms with van der Waals surface area (Å²) >= 11 is 3.19. The third-order valence-electron chi connectivity index (χ3n) is 5.01. The van der Waals surface area contributed by atoms with Gasteiger partial charge in [-0.3, -0.25) is 5.10 Å². The van der Waals surface area contributed by atoms with Crippen LogP contribution in [0.1, 0.15) is 25.6 Å². The van der Waals surface area contributed by atoms with Crippen LogP contribution in [0.4, 0.5) is 0 Å². The largest absolute Gasteiger partial charge is 0.347 e. The zero-order valence-corrected chi connectivity index (χ0v) is 18.3. The van der Waals surface area contributed by atoms with E-state index < -0.39 is 10.3 Å². The fourth-order valence-corrected chi connectivity index (χ4v) is 7.87. The lowest BCUT2D eigenvalue weighted by Crippen LogP contribution is -2.03. The molecule has 0 aliphatic rings. The monoisotopic (exact) mass is 431 g/mol. The molecule has 0 saturated heterocycles. The van der Waals surface area contributed by atoms with E-state index in [0.29, 0.717) is 0 Å². The Hall–Kier alpha value is -1.94. The Morgan fingerprint density at radius 2 is 2.18 bits per heavy atom. The van der Waals surface area contributed by atoms with Crippen LogP contribution in [0.3, 0.4) is 0 Å². The summed E-state index contributed by atoms with van der Waals surface area (Å²) in [7, 11) is -1.91. The van der Waals surface area contributed by atoms with E-state index in [0.717, 1.165) is 66.0 Å². The Morgan fingerprint density at radius 3 is 2.93 bits per heavy atom. The summed E-state index contributed by atoms with van der Waals surface area (Å²) in [5.74, 6) is 1.69. The molecule has 0 saturated carbocycles. The molecular weight excluding hydrogens is 410 g/mol. The third kappa shape index (κ3) is 2.68. The molecule has 1 unspecified atom stereocenters. The number of H-pyrrole nitrogens is 1. The maximum atomic E-state index is 11.4. The van der Waals surface area contributed by atoms with Gasteiger partial charge in [-0.1, -0.05) is 13.3 Å². The number of rotatable bonds is 5. The van der Waals surface area contributed by atoms with Crippen molar-refractivity contribution in [2.45, 2.75) is 30.9 Å². The van der Waals surface area contributed by atoms with E-state index in [4.69, 9.17) is 4.98 Å². The first kappa shape index (κ1) is 18.1. The number of unbranched alkanes of at least 4 members (excludes halogenated alkanes) is 1. The zero-order chi connectivity index (χ0) is 19.5. The summed E-state index contributed by atoms with van der Waals surface area (Å²) < 4.78 is 14.4. The van der Waals surface area contributed by atoms with Crippen molar-refractivity contribution in [1.29, 1.82) is 0 Å². The molecule has 0 bridgehead atoms. The first-order chi connectivity index (χ1) is 13.5. The van der Waals surface area contributed by atoms with E-state index in [9.17, 15) is 4.55 Å². The van der Waals surface area contributed by atoms with Gasteiger partial charge in [-0.05, 0) is 25.7 Å². The normalized spacial score (nSPS) is 15.6. The van der Waals surface area contributed by atoms with Crippen molar-refractivity contribution in [2.24, 2.45) is 0 Å². The quantitative estimate of drug-likeness (QED) is 0.362. The Morgan fingerprint density at radius 1 is 1.32 bits per heavy atom. The number of imidazole rings is 1. The number of thiazole rings is 1. The number of thiophene rings is 1. The fourth-order valence-electron chi connectivity index (χ4n) is 3.56. The van der Waals surface area contributed by atoms with Gasteiger partial charge in [0.15, 0.2) is 0 Å². The average molecular weight is 432 g/mol. The average Bonchev–Trinajstić information content (AvgIpc) is 3.41. The van der Waals surface area contributed by atoms with Gasteiger partial charge in [0, 0.05) is 28.1 Å². The van der Waals surface area contributed by atoms with Gasteiger partial charge in [0.1, 0.15) is 21.4 Å². The topological polar surface area (TPSA) is 79.1 Å². The predicted molar refractivity (Wildman–Crippen MR) is 120 cm³/mol. The van der Waals surface area contributed by atoms with E-state index in [1.165, 1.54) is 0 Å². The smallest absolute Gasteiger partial charge is 0.141 e. The zero-order valence-electron chi connectivity index (χ0n) is 15.9. The number of pyridine rings is 1. The van der Waals surface area contributed by atoms with Gasteiger partial charge in [-0.15, -0.1) is 33.0 Å². The summed E-state index contributed by atoms with van der Waals surface area (Å²) in [5.41, 5.74) is 2.87. The maximum absolute atomic E-state index is 11.4. The summed E-state index contributed by atoms with van der Waals surface area (Å²) in [5, 5.41) is 8.56. The minimum atomic E-state index is -1.91. The number of hydrogen-bond donors (Lipinski definition) is 2. The molecule has 5 aromatic rings. The standard InChI is InChI=1S/C19H21N5OS3/c1-4-5-8-28(3,25)19-16-15-12(14-10-21-11(2)24(14)23-16)9-13(22-18(15)27-19)17-20-6-7-26-17/h6-7,9-10,23,25H,4-5,8H2,1-3H3. The molecule has 5 rings (SSSR count). The minimum absolute atomic E-state index is 0.801. The molecule has 0 aliphatic carbocycles. The maximum Gasteiger partial charge on any atom is 0.141 e. The van der Waals surface area contributed by atoms with E-state index in [-0.39, 0.29) is 0 Å². The number of aromatic nitrogens is 5. The van der Waals surface area contributed by atoms with Gasteiger partial charge in [-0.25, -0.2) is 19.5 Å². The molecule has 0 amide bonds. The molecule has 0 aromatic carbocycles. The molecule has 1 atom stereocenters. The van der Waals surface area contributed by atoms with Gasteiger partial charge in [-0.2, -0.15) is 0 Å². The van der Waals surface area contributed by atoms with E-state index in [2.05, 4.69) is 28.1 Å². The highest BCUT2D eigenvalue weighted by Crippen LogP contribution is 2.56. The minimum Gasteiger partial charge on any atom is -0.347 e. The van der Waals surface area contributed by atoms with Crippen LogP contribution in [0.15, 0.2) is 28.0 Å². The number of nitrogens with zero attached hydrogens (tertiary/aromatic N) is 4. The molecule has 28 heavy (non-hydrogen) atoms. The molecule has 5 aromatic heterocycles. The first-order valence-electron chi connectivity index (χ1n) is 9.17. The SMILES string of the molecule is CCCCS(C)(O)c1sc2nc(-c3nccs3)cc3c2c1[nH]n1c(C)ncc31. The second kappa shape index (κ2) is 6.55. The lowest BCUT2D eigenvalue weighted by molar-refractivity contribution is 0.628. The van der Waals surface area contributed by atoms with Crippen molar-refractivity contribution in [2.75, 3.05) is 12.0 Å². The molecule has 2 N–H and O–H groups in total. The van der Waals surface area contributed by atoms with Crippen LogP contribution in [0, 0.1) is 6.92 Å². The summed E-state index contributed by atoms with van der Waals surface area (Å²) in [6.07, 6.45) is 7.77. The summed E-state index contributed by atoms with van der Waals surface area (Å²) in [6, 6.07) is 2.10. The first-order valence-corrected chi connectivity index (χ1v) is 13.0. The van der Waals surface area contributed by atoms with Crippen LogP contribution in [0.25, 0.3) is 37.3 Å². The number of aromatic amines is 1. The predicted octanol–water partition coefficient (Wildman–Crippen LogP) is 5.92. The second-order valence-corrected chi connectivity index (χ2v) is 12.1. The molecule has 6 nitrogen and oxygen atoms in total. The molecule has 146 valence electrons. The highest BCUT2D eigenvalue weighted by Gasteiger charge is 2.27. The Kier molecular flexibility index (Phi) is 4.24. The van der Waals surface area contributed by atoms with Crippen LogP contribution < -0.4 is 0 Å². The molecule has 0 fully saturated rings. The number of aryl methyl sites for hydroxylation is 1. The van der Waals surface area contributed by atoms with Crippen molar-refractivity contribution < 1.29 is 4.55 Å². The Bertz CT molecular complexity index is 1300. The van der Waals surface area contributed by atoms with Crippen molar-refractivity contribution in [3.63, 3.8) is 0 Å². The van der Waals surface area contributed by atoms with Gasteiger partial charge >= 0.3 is 0 Å². The van der Waals surface area contributed by atoms with Gasteiger partial charge in [0.05, 0.1) is 21.4 Å². The van der Waals surface area contributed by atoms with Gasteiger partial charge < -0.3 is 4.55 Å². The lowest BCUT2D eigenvalue weighted by atomic mass is 10.1. The van der Waals surface area contributed by atoms with E-state index in [1.54, 1.807) is 28.9 Å². The molecule has 0 spiro atoms.